The van der Waals surface area contributed by atoms with Crippen LogP contribution in [0.1, 0.15) is 19.3 Å². The molecule has 2 N–H and O–H groups in total. The zero-order chi connectivity index (χ0) is 13.2. The molecule has 8 nitrogen and oxygen atoms in total. The number of nitrogens with zero attached hydrogens (tertiary/aromatic N) is 3. The van der Waals surface area contributed by atoms with Crippen molar-refractivity contribution in [2.24, 2.45) is 0 Å². The van der Waals surface area contributed by atoms with Gasteiger partial charge in [-0.1, -0.05) is 0 Å². The second-order valence-corrected chi connectivity index (χ2v) is 4.49. The Bertz CT molecular complexity index is 461. The van der Waals surface area contributed by atoms with Crippen molar-refractivity contribution in [3.05, 3.63) is 22.5 Å². The standard InChI is InChI=1S/C10H14N4O4/c15-7-10(2-1-3-10)12-9(16)6-13-5-8(4-11-13)14(17)18/h4-5,15H,1-3,6-7H2,(H,12,16). The zero-order valence-corrected chi connectivity index (χ0v) is 9.70. The highest BCUT2D eigenvalue weighted by Gasteiger charge is 2.37. The second-order valence-electron chi connectivity index (χ2n) is 4.49. The van der Waals surface area contributed by atoms with Crippen molar-refractivity contribution in [2.45, 2.75) is 31.3 Å². The van der Waals surface area contributed by atoms with Crippen molar-refractivity contribution in [3.63, 3.8) is 0 Å². The fraction of sp³-hybridized carbons (Fsp3) is 0.600. The van der Waals surface area contributed by atoms with E-state index < -0.39 is 10.5 Å². The lowest BCUT2D eigenvalue weighted by Gasteiger charge is -2.40. The Hall–Kier alpha value is -1.96. The second kappa shape index (κ2) is 4.73. The fourth-order valence-corrected chi connectivity index (χ4v) is 1.94. The van der Waals surface area contributed by atoms with E-state index in [2.05, 4.69) is 10.4 Å². The molecule has 0 spiro atoms. The lowest BCUT2D eigenvalue weighted by Crippen LogP contribution is -2.56. The Balaban J connectivity index is 1.92. The summed E-state index contributed by atoms with van der Waals surface area (Å²) in [6.45, 7) is -0.173. The normalized spacial score (nSPS) is 16.9. The smallest absolute Gasteiger partial charge is 0.307 e. The van der Waals surface area contributed by atoms with Gasteiger partial charge < -0.3 is 10.4 Å². The van der Waals surface area contributed by atoms with Gasteiger partial charge in [0.1, 0.15) is 18.9 Å². The van der Waals surface area contributed by atoms with Gasteiger partial charge in [0.2, 0.25) is 5.91 Å². The molecule has 1 fully saturated rings. The first-order valence-electron chi connectivity index (χ1n) is 5.63. The molecule has 0 aliphatic heterocycles. The first kappa shape index (κ1) is 12.5. The highest BCUT2D eigenvalue weighted by atomic mass is 16.6. The van der Waals surface area contributed by atoms with Gasteiger partial charge in [0, 0.05) is 0 Å². The van der Waals surface area contributed by atoms with E-state index in [0.29, 0.717) is 0 Å². The van der Waals surface area contributed by atoms with Gasteiger partial charge in [0.05, 0.1) is 17.1 Å². The molecule has 1 aromatic heterocycles. The quantitative estimate of drug-likeness (QED) is 0.559. The summed E-state index contributed by atoms with van der Waals surface area (Å²) in [5.41, 5.74) is -0.654. The van der Waals surface area contributed by atoms with E-state index in [1.807, 2.05) is 0 Å². The third-order valence-corrected chi connectivity index (χ3v) is 3.15. The van der Waals surface area contributed by atoms with Crippen LogP contribution in [0.2, 0.25) is 0 Å². The summed E-state index contributed by atoms with van der Waals surface area (Å²) in [7, 11) is 0. The van der Waals surface area contributed by atoms with Gasteiger partial charge in [-0.05, 0) is 19.3 Å². The van der Waals surface area contributed by atoms with Gasteiger partial charge in [0.15, 0.2) is 0 Å². The van der Waals surface area contributed by atoms with Crippen LogP contribution in [0.3, 0.4) is 0 Å². The van der Waals surface area contributed by atoms with Gasteiger partial charge in [0.25, 0.3) is 0 Å². The molecule has 1 aliphatic carbocycles. The van der Waals surface area contributed by atoms with E-state index in [9.17, 15) is 20.0 Å². The molecule has 0 atom stereocenters. The largest absolute Gasteiger partial charge is 0.394 e. The molecule has 98 valence electrons. The molecular weight excluding hydrogens is 240 g/mol. The van der Waals surface area contributed by atoms with Crippen LogP contribution < -0.4 is 5.32 Å². The lowest BCUT2D eigenvalue weighted by molar-refractivity contribution is -0.385. The summed E-state index contributed by atoms with van der Waals surface area (Å²) in [4.78, 5) is 21.6. The number of rotatable bonds is 5. The monoisotopic (exact) mass is 254 g/mol. The molecule has 0 saturated heterocycles. The summed E-state index contributed by atoms with van der Waals surface area (Å²) in [5, 5.41) is 26.1. The minimum Gasteiger partial charge on any atom is -0.394 e. The molecule has 0 unspecified atom stereocenters. The molecule has 1 aromatic rings. The van der Waals surface area contributed by atoms with Crippen LogP contribution in [0.25, 0.3) is 0 Å². The number of nitro groups is 1. The number of aromatic nitrogens is 2. The topological polar surface area (TPSA) is 110 Å². The van der Waals surface area contributed by atoms with Gasteiger partial charge >= 0.3 is 5.69 Å². The number of aliphatic hydroxyl groups is 1. The van der Waals surface area contributed by atoms with E-state index in [0.717, 1.165) is 25.5 Å². The van der Waals surface area contributed by atoms with Crippen LogP contribution in [-0.4, -0.2) is 37.9 Å². The van der Waals surface area contributed by atoms with Gasteiger partial charge in [-0.15, -0.1) is 0 Å². The predicted molar refractivity (Wildman–Crippen MR) is 60.7 cm³/mol. The molecule has 2 rings (SSSR count). The number of amides is 1. The van der Waals surface area contributed by atoms with Gasteiger partial charge in [-0.3, -0.25) is 19.6 Å². The zero-order valence-electron chi connectivity index (χ0n) is 9.70. The molecule has 1 heterocycles. The molecule has 0 bridgehead atoms. The molecule has 1 saturated carbocycles. The Morgan fingerprint density at radius 1 is 1.67 bits per heavy atom. The summed E-state index contributed by atoms with van der Waals surface area (Å²) < 4.78 is 1.21. The third kappa shape index (κ3) is 2.48. The van der Waals surface area contributed by atoms with E-state index in [-0.39, 0.29) is 24.7 Å². The number of nitrogens with one attached hydrogen (secondary N) is 1. The van der Waals surface area contributed by atoms with Crippen molar-refractivity contribution in [1.82, 2.24) is 15.1 Å². The Kier molecular flexibility index (Phi) is 3.28. The van der Waals surface area contributed by atoms with E-state index in [1.54, 1.807) is 0 Å². The van der Waals surface area contributed by atoms with Crippen molar-refractivity contribution in [1.29, 1.82) is 0 Å². The first-order valence-corrected chi connectivity index (χ1v) is 5.63. The fourth-order valence-electron chi connectivity index (χ4n) is 1.94. The van der Waals surface area contributed by atoms with Crippen molar-refractivity contribution in [3.8, 4) is 0 Å². The predicted octanol–water partition coefficient (Wildman–Crippen LogP) is -0.178. The van der Waals surface area contributed by atoms with Crippen molar-refractivity contribution < 1.29 is 14.8 Å². The Morgan fingerprint density at radius 2 is 2.39 bits per heavy atom. The number of hydrogen-bond acceptors (Lipinski definition) is 5. The van der Waals surface area contributed by atoms with Crippen LogP contribution >= 0.6 is 0 Å². The molecule has 8 heteroatoms. The summed E-state index contributed by atoms with van der Waals surface area (Å²) in [6, 6.07) is 0. The van der Waals surface area contributed by atoms with Crippen LogP contribution in [0.4, 0.5) is 5.69 Å². The number of hydrogen-bond donors (Lipinski definition) is 2. The molecule has 18 heavy (non-hydrogen) atoms. The minimum atomic E-state index is -0.567. The summed E-state index contributed by atoms with van der Waals surface area (Å²) >= 11 is 0. The molecule has 1 amide bonds. The number of aliphatic hydroxyl groups excluding tert-OH is 1. The van der Waals surface area contributed by atoms with Gasteiger partial charge in [-0.25, -0.2) is 0 Å². The maximum atomic E-state index is 11.7. The SMILES string of the molecule is O=C(Cn1cc([N+](=O)[O-])cn1)NC1(CO)CCC1. The molecule has 0 aromatic carbocycles. The van der Waals surface area contributed by atoms with Crippen molar-refractivity contribution in [2.75, 3.05) is 6.61 Å². The third-order valence-electron chi connectivity index (χ3n) is 3.15. The Morgan fingerprint density at radius 3 is 2.83 bits per heavy atom. The minimum absolute atomic E-state index is 0.0853. The number of carbonyl (C=O) groups excluding carboxylic acids is 1. The average Bonchev–Trinajstić information content (AvgIpc) is 2.72. The summed E-state index contributed by atoms with van der Waals surface area (Å²) in [6.07, 6.45) is 4.79. The summed E-state index contributed by atoms with van der Waals surface area (Å²) in [5.74, 6) is -0.304. The van der Waals surface area contributed by atoms with E-state index in [1.165, 1.54) is 10.9 Å². The molecular formula is C10H14N4O4. The lowest BCUT2D eigenvalue weighted by atomic mass is 9.77. The van der Waals surface area contributed by atoms with Crippen LogP contribution in [0, 0.1) is 10.1 Å². The van der Waals surface area contributed by atoms with E-state index in [4.69, 9.17) is 0 Å². The molecule has 0 radical (unpaired) electrons. The Labute approximate surface area is 103 Å². The maximum Gasteiger partial charge on any atom is 0.307 e. The van der Waals surface area contributed by atoms with Crippen LogP contribution in [0.15, 0.2) is 12.4 Å². The molecule has 1 aliphatic rings. The van der Waals surface area contributed by atoms with Crippen LogP contribution in [-0.2, 0) is 11.3 Å². The van der Waals surface area contributed by atoms with E-state index >= 15 is 0 Å². The highest BCUT2D eigenvalue weighted by Crippen LogP contribution is 2.31. The number of carbonyl (C=O) groups is 1. The van der Waals surface area contributed by atoms with Crippen molar-refractivity contribution >= 4 is 11.6 Å². The van der Waals surface area contributed by atoms with Crippen LogP contribution in [0.5, 0.6) is 0 Å². The highest BCUT2D eigenvalue weighted by molar-refractivity contribution is 5.76. The first-order chi connectivity index (χ1) is 8.54. The van der Waals surface area contributed by atoms with Gasteiger partial charge in [-0.2, -0.15) is 5.10 Å². The maximum absolute atomic E-state index is 11.7. The average molecular weight is 254 g/mol.